The zero-order chi connectivity index (χ0) is 22.2. The summed E-state index contributed by atoms with van der Waals surface area (Å²) in [7, 11) is 0. The van der Waals surface area contributed by atoms with Crippen LogP contribution in [0.15, 0.2) is 18.2 Å². The topological polar surface area (TPSA) is 39.2 Å². The molecule has 2 aromatic rings. The lowest BCUT2D eigenvalue weighted by Crippen LogP contribution is -2.13. The van der Waals surface area contributed by atoms with Gasteiger partial charge in [0.15, 0.2) is 0 Å². The molecule has 1 heterocycles. The normalized spacial score (nSPS) is 18.7. The van der Waals surface area contributed by atoms with Crippen LogP contribution in [0.2, 0.25) is 0 Å². The third-order valence-corrected chi connectivity index (χ3v) is 8.24. The Morgan fingerprint density at radius 1 is 1.16 bits per heavy atom. The number of carbonyl (C=O) groups excluding carboxylic acids is 1. The van der Waals surface area contributed by atoms with E-state index in [9.17, 15) is 4.79 Å². The van der Waals surface area contributed by atoms with Crippen LogP contribution >= 0.6 is 11.3 Å². The molecule has 4 heteroatoms. The number of hydrogen-bond donors (Lipinski definition) is 0. The highest BCUT2D eigenvalue weighted by Crippen LogP contribution is 2.50. The van der Waals surface area contributed by atoms with Gasteiger partial charge in [-0.15, -0.1) is 11.3 Å². The van der Waals surface area contributed by atoms with E-state index in [0.29, 0.717) is 22.9 Å². The lowest BCUT2D eigenvalue weighted by atomic mass is 9.82. The molecule has 2 aliphatic carbocycles. The maximum Gasteiger partial charge on any atom is 0.367 e. The summed E-state index contributed by atoms with van der Waals surface area (Å²) in [5, 5.41) is 0.503. The predicted octanol–water partition coefficient (Wildman–Crippen LogP) is 7.46. The van der Waals surface area contributed by atoms with E-state index in [2.05, 4.69) is 45.9 Å². The Kier molecular flexibility index (Phi) is 6.31. The number of thiazole rings is 1. The molecule has 2 aliphatic rings. The smallest absolute Gasteiger partial charge is 0.367 e. The van der Waals surface area contributed by atoms with E-state index in [1.807, 2.05) is 6.92 Å². The first kappa shape index (κ1) is 22.5. The molecular formula is C27H37NO2S. The molecule has 1 aromatic heterocycles. The van der Waals surface area contributed by atoms with Crippen molar-refractivity contribution in [2.75, 3.05) is 6.61 Å². The molecule has 0 atom stereocenters. The molecule has 0 bridgehead atoms. The van der Waals surface area contributed by atoms with Crippen molar-refractivity contribution in [2.24, 2.45) is 5.92 Å². The summed E-state index contributed by atoms with van der Waals surface area (Å²) in [6, 6.07) is 7.11. The number of carbonyl (C=O) groups is 1. The van der Waals surface area contributed by atoms with Gasteiger partial charge < -0.3 is 4.74 Å². The van der Waals surface area contributed by atoms with Crippen molar-refractivity contribution in [1.82, 2.24) is 4.98 Å². The summed E-state index contributed by atoms with van der Waals surface area (Å²) < 4.78 is 5.30. The van der Waals surface area contributed by atoms with Gasteiger partial charge in [-0.2, -0.15) is 0 Å². The molecule has 0 saturated heterocycles. The van der Waals surface area contributed by atoms with Crippen LogP contribution in [-0.2, 0) is 22.0 Å². The predicted molar refractivity (Wildman–Crippen MR) is 129 cm³/mol. The molecule has 0 spiro atoms. The van der Waals surface area contributed by atoms with E-state index in [0.717, 1.165) is 12.1 Å². The molecule has 0 aliphatic heterocycles. The van der Waals surface area contributed by atoms with Gasteiger partial charge in [0, 0.05) is 0 Å². The summed E-state index contributed by atoms with van der Waals surface area (Å²) in [5.74, 6) is 0.390. The number of benzene rings is 1. The number of ether oxygens (including phenoxy) is 1. The van der Waals surface area contributed by atoms with Crippen molar-refractivity contribution < 1.29 is 9.53 Å². The molecule has 31 heavy (non-hydrogen) atoms. The second kappa shape index (κ2) is 8.69. The van der Waals surface area contributed by atoms with Crippen molar-refractivity contribution >= 4 is 17.3 Å². The van der Waals surface area contributed by atoms with E-state index in [1.165, 1.54) is 77.9 Å². The van der Waals surface area contributed by atoms with E-state index in [4.69, 9.17) is 9.72 Å². The average molecular weight is 440 g/mol. The fourth-order valence-corrected chi connectivity index (χ4v) is 5.65. The van der Waals surface area contributed by atoms with Crippen molar-refractivity contribution in [2.45, 2.75) is 96.8 Å². The van der Waals surface area contributed by atoms with Crippen LogP contribution in [0, 0.1) is 5.92 Å². The van der Waals surface area contributed by atoms with Gasteiger partial charge in [0.2, 0.25) is 5.01 Å². The Morgan fingerprint density at radius 2 is 1.87 bits per heavy atom. The molecular weight excluding hydrogens is 402 g/mol. The monoisotopic (exact) mass is 439 g/mol. The zero-order valence-electron chi connectivity index (χ0n) is 19.8. The number of rotatable bonds is 6. The first-order chi connectivity index (χ1) is 14.7. The Bertz CT molecular complexity index is 919. The largest absolute Gasteiger partial charge is 0.461 e. The Morgan fingerprint density at radius 3 is 2.48 bits per heavy atom. The minimum atomic E-state index is -0.287. The Labute approximate surface area is 191 Å². The number of esters is 1. The van der Waals surface area contributed by atoms with E-state index in [-0.39, 0.29) is 11.4 Å². The van der Waals surface area contributed by atoms with Gasteiger partial charge >= 0.3 is 5.97 Å². The summed E-state index contributed by atoms with van der Waals surface area (Å²) in [4.78, 5) is 18.5. The third-order valence-electron chi connectivity index (χ3n) is 7.11. The number of hydrogen-bond acceptors (Lipinski definition) is 4. The minimum Gasteiger partial charge on any atom is -0.461 e. The molecule has 1 aromatic carbocycles. The number of nitrogens with zero attached hydrogens (tertiary/aromatic N) is 1. The summed E-state index contributed by atoms with van der Waals surface area (Å²) in [5.41, 5.74) is 5.50. The molecule has 0 amide bonds. The molecule has 2 fully saturated rings. The summed E-state index contributed by atoms with van der Waals surface area (Å²) in [6.07, 6.45) is 10.0. The number of aromatic nitrogens is 1. The van der Waals surface area contributed by atoms with E-state index in [1.54, 1.807) is 0 Å². The third kappa shape index (κ3) is 5.05. The van der Waals surface area contributed by atoms with Crippen LogP contribution in [-0.4, -0.2) is 17.6 Å². The Hall–Kier alpha value is -1.68. The maximum atomic E-state index is 12.5. The highest BCUT2D eigenvalue weighted by Gasteiger charge is 2.40. The van der Waals surface area contributed by atoms with Gasteiger partial charge in [0.1, 0.15) is 0 Å². The van der Waals surface area contributed by atoms with Gasteiger partial charge in [-0.25, -0.2) is 9.78 Å². The first-order valence-corrected chi connectivity index (χ1v) is 12.8. The summed E-state index contributed by atoms with van der Waals surface area (Å²) >= 11 is 1.52. The van der Waals surface area contributed by atoms with Crippen LogP contribution in [0.25, 0.3) is 10.4 Å². The molecule has 0 N–H and O–H groups in total. The van der Waals surface area contributed by atoms with Gasteiger partial charge in [0.25, 0.3) is 0 Å². The second-order valence-electron chi connectivity index (χ2n) is 10.8. The standard InChI is InChI=1S/C27H37NO2S/c1-6-30-25(29)24-28-22(14-18-10-8-7-9-11-18)23(31-24)19-15-20(26(2,3)4)17-21(16-19)27(5)12-13-27/h15-18H,6-14H2,1-5H3. The lowest BCUT2D eigenvalue weighted by molar-refractivity contribution is 0.0525. The molecule has 3 nitrogen and oxygen atoms in total. The SMILES string of the molecule is CCOC(=O)c1nc(CC2CCCCC2)c(-c2cc(C(C)(C)C)cc(C3(C)CC3)c2)s1. The van der Waals surface area contributed by atoms with Crippen LogP contribution in [0.4, 0.5) is 0 Å². The highest BCUT2D eigenvalue weighted by atomic mass is 32.1. The Balaban J connectivity index is 1.78. The quantitative estimate of drug-likeness (QED) is 0.439. The molecule has 2 saturated carbocycles. The van der Waals surface area contributed by atoms with Gasteiger partial charge in [0.05, 0.1) is 17.2 Å². The van der Waals surface area contributed by atoms with Crippen LogP contribution in [0.3, 0.4) is 0 Å². The van der Waals surface area contributed by atoms with Crippen LogP contribution in [0.5, 0.6) is 0 Å². The van der Waals surface area contributed by atoms with Crippen molar-refractivity contribution in [1.29, 1.82) is 0 Å². The average Bonchev–Trinajstić information content (AvgIpc) is 3.35. The fourth-order valence-electron chi connectivity index (χ4n) is 4.68. The van der Waals surface area contributed by atoms with Crippen molar-refractivity contribution in [3.63, 3.8) is 0 Å². The first-order valence-electron chi connectivity index (χ1n) is 12.0. The molecule has 168 valence electrons. The summed E-state index contributed by atoms with van der Waals surface area (Å²) in [6.45, 7) is 11.5. The van der Waals surface area contributed by atoms with Crippen LogP contribution < -0.4 is 0 Å². The van der Waals surface area contributed by atoms with Crippen molar-refractivity contribution in [3.8, 4) is 10.4 Å². The zero-order valence-corrected chi connectivity index (χ0v) is 20.7. The van der Waals surface area contributed by atoms with E-state index >= 15 is 0 Å². The van der Waals surface area contributed by atoms with Crippen molar-refractivity contribution in [3.05, 3.63) is 40.0 Å². The van der Waals surface area contributed by atoms with Gasteiger partial charge in [-0.05, 0) is 71.8 Å². The fraction of sp³-hybridized carbons (Fsp3) is 0.630. The van der Waals surface area contributed by atoms with Gasteiger partial charge in [-0.3, -0.25) is 0 Å². The van der Waals surface area contributed by atoms with Crippen LogP contribution in [0.1, 0.15) is 106 Å². The maximum absolute atomic E-state index is 12.5. The minimum absolute atomic E-state index is 0.0776. The molecule has 0 radical (unpaired) electrons. The molecule has 0 unspecified atom stereocenters. The highest BCUT2D eigenvalue weighted by molar-refractivity contribution is 7.17. The lowest BCUT2D eigenvalue weighted by Gasteiger charge is -2.24. The molecule has 4 rings (SSSR count). The van der Waals surface area contributed by atoms with Gasteiger partial charge in [-0.1, -0.05) is 65.9 Å². The van der Waals surface area contributed by atoms with E-state index < -0.39 is 0 Å². The second-order valence-corrected chi connectivity index (χ2v) is 11.8.